The first kappa shape index (κ1) is 15.6. The van der Waals surface area contributed by atoms with Gasteiger partial charge in [0.15, 0.2) is 5.69 Å². The van der Waals surface area contributed by atoms with Crippen LogP contribution < -0.4 is 0 Å². The fraction of sp³-hybridized carbons (Fsp3) is 0.333. The largest absolute Gasteiger partial charge is 0.330 e. The van der Waals surface area contributed by atoms with Crippen LogP contribution in [0.25, 0.3) is 5.69 Å². The Hall–Kier alpha value is -2.96. The summed E-state index contributed by atoms with van der Waals surface area (Å²) in [5.41, 5.74) is 2.97. The summed E-state index contributed by atoms with van der Waals surface area (Å²) in [6.07, 6.45) is 5.74. The van der Waals surface area contributed by atoms with Gasteiger partial charge in [0.1, 0.15) is 0 Å². The van der Waals surface area contributed by atoms with Crippen molar-refractivity contribution < 1.29 is 4.79 Å². The molecule has 0 N–H and O–H groups in total. The molecule has 2 aromatic heterocycles. The zero-order valence-electron chi connectivity index (χ0n) is 14.3. The minimum atomic E-state index is -0.0639. The number of para-hydroxylation sites is 1. The van der Waals surface area contributed by atoms with Gasteiger partial charge in [0, 0.05) is 25.4 Å². The van der Waals surface area contributed by atoms with E-state index in [1.54, 1.807) is 4.68 Å². The van der Waals surface area contributed by atoms with Gasteiger partial charge in [-0.2, -0.15) is 15.0 Å². The van der Waals surface area contributed by atoms with E-state index in [0.717, 1.165) is 30.6 Å². The first-order valence-electron chi connectivity index (χ1n) is 8.42. The lowest BCUT2D eigenvalue weighted by Gasteiger charge is -2.23. The van der Waals surface area contributed by atoms with Gasteiger partial charge in [-0.05, 0) is 31.9 Å². The van der Waals surface area contributed by atoms with E-state index in [1.807, 2.05) is 61.6 Å². The van der Waals surface area contributed by atoms with Crippen molar-refractivity contribution >= 4 is 5.91 Å². The predicted octanol–water partition coefficient (Wildman–Crippen LogP) is 2.29. The van der Waals surface area contributed by atoms with E-state index in [4.69, 9.17) is 0 Å². The van der Waals surface area contributed by atoms with Crippen LogP contribution in [0.15, 0.2) is 42.7 Å². The summed E-state index contributed by atoms with van der Waals surface area (Å²) < 4.78 is 1.77. The third kappa shape index (κ3) is 2.82. The number of aryl methyl sites for hydroxylation is 2. The third-order valence-corrected chi connectivity index (χ3v) is 4.60. The second kappa shape index (κ2) is 6.16. The number of aromatic nitrogens is 5. The third-order valence-electron chi connectivity index (χ3n) is 4.60. The highest BCUT2D eigenvalue weighted by molar-refractivity contribution is 5.93. The molecule has 1 aromatic carbocycles. The van der Waals surface area contributed by atoms with Gasteiger partial charge in [0.2, 0.25) is 0 Å². The lowest BCUT2D eigenvalue weighted by atomic mass is 10.1. The van der Waals surface area contributed by atoms with Gasteiger partial charge in [0.05, 0.1) is 23.6 Å². The topological polar surface area (TPSA) is 68.8 Å². The lowest BCUT2D eigenvalue weighted by molar-refractivity contribution is 0.0728. The van der Waals surface area contributed by atoms with Crippen molar-refractivity contribution in [1.29, 1.82) is 0 Å². The summed E-state index contributed by atoms with van der Waals surface area (Å²) in [7, 11) is 1.89. The van der Waals surface area contributed by atoms with Crippen LogP contribution in [0.1, 0.15) is 40.6 Å². The van der Waals surface area contributed by atoms with E-state index >= 15 is 0 Å². The molecule has 128 valence electrons. The Morgan fingerprint density at radius 2 is 2.00 bits per heavy atom. The Bertz CT molecular complexity index is 897. The molecule has 3 heterocycles. The van der Waals surface area contributed by atoms with E-state index in [1.165, 1.54) is 4.80 Å². The number of hydrogen-bond acceptors (Lipinski definition) is 4. The molecule has 1 unspecified atom stereocenters. The molecule has 0 aliphatic carbocycles. The summed E-state index contributed by atoms with van der Waals surface area (Å²) >= 11 is 0. The van der Waals surface area contributed by atoms with Gasteiger partial charge >= 0.3 is 0 Å². The number of likely N-dealkylation sites (tertiary alicyclic amines) is 1. The molecule has 4 rings (SSSR count). The number of carbonyl (C=O) groups is 1. The normalized spacial score (nSPS) is 17.2. The standard InChI is InChI=1S/C18H20N6O/c1-13-17(21-24(20-13)15-7-4-3-5-8-15)18(25)23-10-6-9-16(23)14-11-19-22(2)12-14/h3-5,7-8,11-12,16H,6,9-10H2,1-2H3. The summed E-state index contributed by atoms with van der Waals surface area (Å²) in [6.45, 7) is 2.56. The second-order valence-corrected chi connectivity index (χ2v) is 6.36. The van der Waals surface area contributed by atoms with Gasteiger partial charge in [-0.25, -0.2) is 0 Å². The van der Waals surface area contributed by atoms with Crippen molar-refractivity contribution in [2.24, 2.45) is 7.05 Å². The summed E-state index contributed by atoms with van der Waals surface area (Å²) in [5, 5.41) is 13.1. The number of rotatable bonds is 3. The molecule has 1 saturated heterocycles. The van der Waals surface area contributed by atoms with Crippen molar-refractivity contribution in [3.8, 4) is 5.69 Å². The number of carbonyl (C=O) groups excluding carboxylic acids is 1. The highest BCUT2D eigenvalue weighted by atomic mass is 16.2. The van der Waals surface area contributed by atoms with Crippen LogP contribution >= 0.6 is 0 Å². The van der Waals surface area contributed by atoms with E-state index in [9.17, 15) is 4.79 Å². The highest BCUT2D eigenvalue weighted by Gasteiger charge is 2.33. The van der Waals surface area contributed by atoms with E-state index in [2.05, 4.69) is 15.3 Å². The minimum absolute atomic E-state index is 0.0578. The van der Waals surface area contributed by atoms with Gasteiger partial charge in [-0.15, -0.1) is 5.10 Å². The quantitative estimate of drug-likeness (QED) is 0.736. The minimum Gasteiger partial charge on any atom is -0.330 e. The van der Waals surface area contributed by atoms with Crippen molar-refractivity contribution in [3.63, 3.8) is 0 Å². The van der Waals surface area contributed by atoms with Crippen LogP contribution in [-0.4, -0.2) is 42.1 Å². The maximum absolute atomic E-state index is 13.1. The van der Waals surface area contributed by atoms with Crippen LogP contribution in [0.3, 0.4) is 0 Å². The van der Waals surface area contributed by atoms with E-state index in [0.29, 0.717) is 11.4 Å². The number of amides is 1. The Kier molecular flexibility index (Phi) is 3.83. The van der Waals surface area contributed by atoms with Crippen LogP contribution in [-0.2, 0) is 7.05 Å². The molecular weight excluding hydrogens is 316 g/mol. The van der Waals surface area contributed by atoms with E-state index in [-0.39, 0.29) is 11.9 Å². The van der Waals surface area contributed by atoms with Crippen molar-refractivity contribution in [3.05, 3.63) is 59.7 Å². The smallest absolute Gasteiger partial charge is 0.276 e. The van der Waals surface area contributed by atoms with Crippen LogP contribution in [0, 0.1) is 6.92 Å². The fourth-order valence-corrected chi connectivity index (χ4v) is 3.36. The maximum Gasteiger partial charge on any atom is 0.276 e. The van der Waals surface area contributed by atoms with Gasteiger partial charge in [-0.1, -0.05) is 18.2 Å². The van der Waals surface area contributed by atoms with Crippen LogP contribution in [0.4, 0.5) is 0 Å². The summed E-state index contributed by atoms with van der Waals surface area (Å²) in [5.74, 6) is -0.0639. The first-order valence-corrected chi connectivity index (χ1v) is 8.42. The molecule has 25 heavy (non-hydrogen) atoms. The van der Waals surface area contributed by atoms with Crippen LogP contribution in [0.2, 0.25) is 0 Å². The molecule has 1 aliphatic rings. The first-order chi connectivity index (χ1) is 12.1. The van der Waals surface area contributed by atoms with Crippen molar-refractivity contribution in [2.75, 3.05) is 6.54 Å². The molecule has 0 radical (unpaired) electrons. The van der Waals surface area contributed by atoms with Crippen molar-refractivity contribution in [1.82, 2.24) is 29.7 Å². The highest BCUT2D eigenvalue weighted by Crippen LogP contribution is 2.32. The van der Waals surface area contributed by atoms with Crippen molar-refractivity contribution in [2.45, 2.75) is 25.8 Å². The molecule has 3 aromatic rings. The molecule has 0 spiro atoms. The molecular formula is C18H20N6O. The molecule has 7 heteroatoms. The lowest BCUT2D eigenvalue weighted by Crippen LogP contribution is -2.31. The number of nitrogens with zero attached hydrogens (tertiary/aromatic N) is 6. The zero-order valence-corrected chi connectivity index (χ0v) is 14.3. The summed E-state index contributed by atoms with van der Waals surface area (Å²) in [6, 6.07) is 9.68. The average molecular weight is 336 g/mol. The fourth-order valence-electron chi connectivity index (χ4n) is 3.36. The molecule has 1 fully saturated rings. The molecule has 0 saturated carbocycles. The molecule has 1 atom stereocenters. The monoisotopic (exact) mass is 336 g/mol. The Labute approximate surface area is 145 Å². The molecule has 7 nitrogen and oxygen atoms in total. The van der Waals surface area contributed by atoms with Gasteiger partial charge in [-0.3, -0.25) is 9.48 Å². The summed E-state index contributed by atoms with van der Waals surface area (Å²) in [4.78, 5) is 16.5. The molecule has 1 aliphatic heterocycles. The Balaban J connectivity index is 1.63. The SMILES string of the molecule is Cc1nn(-c2ccccc2)nc1C(=O)N1CCCC1c1cnn(C)c1. The Morgan fingerprint density at radius 1 is 1.20 bits per heavy atom. The van der Waals surface area contributed by atoms with Gasteiger partial charge < -0.3 is 4.90 Å². The number of hydrogen-bond donors (Lipinski definition) is 0. The zero-order chi connectivity index (χ0) is 17.4. The van der Waals surface area contributed by atoms with E-state index < -0.39 is 0 Å². The number of benzene rings is 1. The van der Waals surface area contributed by atoms with Gasteiger partial charge in [0.25, 0.3) is 5.91 Å². The second-order valence-electron chi connectivity index (χ2n) is 6.36. The predicted molar refractivity (Wildman–Crippen MR) is 92.3 cm³/mol. The maximum atomic E-state index is 13.1. The average Bonchev–Trinajstić information content (AvgIpc) is 3.34. The molecule has 1 amide bonds. The Morgan fingerprint density at radius 3 is 2.72 bits per heavy atom. The molecule has 0 bridgehead atoms. The van der Waals surface area contributed by atoms with Crippen LogP contribution in [0.5, 0.6) is 0 Å².